The molecule has 1 aliphatic heterocycles. The molecule has 1 fully saturated rings. The molecule has 1 atom stereocenters. The van der Waals surface area contributed by atoms with Gasteiger partial charge in [0.25, 0.3) is 0 Å². The van der Waals surface area contributed by atoms with E-state index >= 15 is 0 Å². The van der Waals surface area contributed by atoms with Crippen LogP contribution in [0.5, 0.6) is 0 Å². The second-order valence-electron chi connectivity index (χ2n) is 5.82. The highest BCUT2D eigenvalue weighted by Gasteiger charge is 2.40. The molecule has 0 saturated carbocycles. The van der Waals surface area contributed by atoms with Crippen molar-refractivity contribution in [3.8, 4) is 0 Å². The van der Waals surface area contributed by atoms with Gasteiger partial charge in [-0.15, -0.1) is 0 Å². The number of rotatable bonds is 4. The van der Waals surface area contributed by atoms with Gasteiger partial charge in [0.2, 0.25) is 0 Å². The van der Waals surface area contributed by atoms with E-state index in [2.05, 4.69) is 13.0 Å². The maximum Gasteiger partial charge on any atom is 0.0914 e. The molecule has 0 radical (unpaired) electrons. The van der Waals surface area contributed by atoms with Crippen molar-refractivity contribution in [2.45, 2.75) is 69.9 Å². The van der Waals surface area contributed by atoms with E-state index in [0.717, 1.165) is 39.1 Å². The minimum atomic E-state index is -0.183. The van der Waals surface area contributed by atoms with Crippen molar-refractivity contribution in [3.63, 3.8) is 0 Å². The van der Waals surface area contributed by atoms with Gasteiger partial charge in [0.15, 0.2) is 0 Å². The molecular formula is C16H29NO2. The summed E-state index contributed by atoms with van der Waals surface area (Å²) in [4.78, 5) is 0. The Morgan fingerprint density at radius 2 is 2.00 bits per heavy atom. The fourth-order valence-corrected chi connectivity index (χ4v) is 3.39. The fourth-order valence-electron chi connectivity index (χ4n) is 3.39. The number of allylic oxidation sites excluding steroid dienone is 1. The quantitative estimate of drug-likeness (QED) is 0.796. The SMILES string of the molecule is CCOC1(C(N)C2=CCCCCCC2)CCOCC1. The fraction of sp³-hybridized carbons (Fsp3) is 0.875. The molecule has 0 aromatic rings. The van der Waals surface area contributed by atoms with Crippen LogP contribution in [0.15, 0.2) is 11.6 Å². The highest BCUT2D eigenvalue weighted by atomic mass is 16.5. The second-order valence-corrected chi connectivity index (χ2v) is 5.82. The van der Waals surface area contributed by atoms with Crippen LogP contribution in [0, 0.1) is 0 Å². The minimum Gasteiger partial charge on any atom is -0.381 e. The molecule has 3 heteroatoms. The van der Waals surface area contributed by atoms with Gasteiger partial charge in [0.1, 0.15) is 0 Å². The van der Waals surface area contributed by atoms with Crippen LogP contribution in [0.3, 0.4) is 0 Å². The molecule has 0 amide bonds. The predicted octanol–water partition coefficient (Wildman–Crippen LogP) is 3.18. The molecule has 2 aliphatic rings. The Kier molecular flexibility index (Phi) is 5.86. The molecule has 0 spiro atoms. The summed E-state index contributed by atoms with van der Waals surface area (Å²) in [6.45, 7) is 4.36. The van der Waals surface area contributed by atoms with Crippen LogP contribution in [0.25, 0.3) is 0 Å². The average Bonchev–Trinajstić information content (AvgIpc) is 2.39. The molecule has 0 aromatic carbocycles. The Labute approximate surface area is 117 Å². The first kappa shape index (κ1) is 15.0. The van der Waals surface area contributed by atoms with Crippen molar-refractivity contribution in [2.75, 3.05) is 19.8 Å². The predicted molar refractivity (Wildman–Crippen MR) is 78.2 cm³/mol. The van der Waals surface area contributed by atoms with Crippen LogP contribution in [-0.2, 0) is 9.47 Å². The summed E-state index contributed by atoms with van der Waals surface area (Å²) in [5.41, 5.74) is 7.86. The van der Waals surface area contributed by atoms with E-state index < -0.39 is 0 Å². The number of hydrogen-bond acceptors (Lipinski definition) is 3. The van der Waals surface area contributed by atoms with Crippen LogP contribution in [-0.4, -0.2) is 31.5 Å². The lowest BCUT2D eigenvalue weighted by Crippen LogP contribution is -2.54. The van der Waals surface area contributed by atoms with E-state index in [9.17, 15) is 0 Å². The van der Waals surface area contributed by atoms with Gasteiger partial charge in [0.05, 0.1) is 11.6 Å². The first-order valence-electron chi connectivity index (χ1n) is 7.95. The monoisotopic (exact) mass is 267 g/mol. The average molecular weight is 267 g/mol. The van der Waals surface area contributed by atoms with Gasteiger partial charge in [-0.1, -0.05) is 24.5 Å². The van der Waals surface area contributed by atoms with Gasteiger partial charge in [0, 0.05) is 32.7 Å². The molecule has 1 heterocycles. The number of hydrogen-bond donors (Lipinski definition) is 1. The Balaban J connectivity index is 2.10. The van der Waals surface area contributed by atoms with E-state index in [1.54, 1.807) is 0 Å². The topological polar surface area (TPSA) is 44.5 Å². The first-order valence-corrected chi connectivity index (χ1v) is 7.95. The van der Waals surface area contributed by atoms with Crippen molar-refractivity contribution in [1.82, 2.24) is 0 Å². The summed E-state index contributed by atoms with van der Waals surface area (Å²) in [6.07, 6.45) is 11.9. The third-order valence-electron chi connectivity index (χ3n) is 4.56. The molecule has 2 N–H and O–H groups in total. The summed E-state index contributed by atoms with van der Waals surface area (Å²) in [7, 11) is 0. The summed E-state index contributed by atoms with van der Waals surface area (Å²) < 4.78 is 11.6. The highest BCUT2D eigenvalue weighted by Crippen LogP contribution is 2.33. The Morgan fingerprint density at radius 1 is 1.26 bits per heavy atom. The lowest BCUT2D eigenvalue weighted by molar-refractivity contribution is -0.115. The van der Waals surface area contributed by atoms with Gasteiger partial charge in [-0.25, -0.2) is 0 Å². The third kappa shape index (κ3) is 3.80. The summed E-state index contributed by atoms with van der Waals surface area (Å²) >= 11 is 0. The molecule has 3 nitrogen and oxygen atoms in total. The van der Waals surface area contributed by atoms with Crippen molar-refractivity contribution >= 4 is 0 Å². The lowest BCUT2D eigenvalue weighted by Gasteiger charge is -2.42. The van der Waals surface area contributed by atoms with Crippen molar-refractivity contribution < 1.29 is 9.47 Å². The second kappa shape index (κ2) is 7.41. The molecule has 0 aromatic heterocycles. The maximum atomic E-state index is 6.62. The molecule has 1 unspecified atom stereocenters. The van der Waals surface area contributed by atoms with Gasteiger partial charge >= 0.3 is 0 Å². The Hall–Kier alpha value is -0.380. The van der Waals surface area contributed by atoms with Crippen LogP contribution < -0.4 is 5.73 Å². The maximum absolute atomic E-state index is 6.62. The van der Waals surface area contributed by atoms with E-state index in [1.165, 1.54) is 37.7 Å². The molecule has 2 rings (SSSR count). The van der Waals surface area contributed by atoms with Crippen LogP contribution >= 0.6 is 0 Å². The number of ether oxygens (including phenoxy) is 2. The zero-order chi connectivity index (χ0) is 13.6. The lowest BCUT2D eigenvalue weighted by atomic mass is 9.80. The third-order valence-corrected chi connectivity index (χ3v) is 4.56. The van der Waals surface area contributed by atoms with Gasteiger partial charge in [-0.05, 0) is 32.6 Å². The largest absolute Gasteiger partial charge is 0.381 e. The molecule has 1 saturated heterocycles. The van der Waals surface area contributed by atoms with Gasteiger partial charge < -0.3 is 15.2 Å². The van der Waals surface area contributed by atoms with Crippen molar-refractivity contribution in [1.29, 1.82) is 0 Å². The summed E-state index contributed by atoms with van der Waals surface area (Å²) in [5, 5.41) is 0. The van der Waals surface area contributed by atoms with Crippen LogP contribution in [0.4, 0.5) is 0 Å². The smallest absolute Gasteiger partial charge is 0.0914 e. The van der Waals surface area contributed by atoms with E-state index in [1.807, 2.05) is 0 Å². The molecule has 110 valence electrons. The zero-order valence-electron chi connectivity index (χ0n) is 12.3. The summed E-state index contributed by atoms with van der Waals surface area (Å²) in [5.74, 6) is 0. The van der Waals surface area contributed by atoms with E-state index in [4.69, 9.17) is 15.2 Å². The van der Waals surface area contributed by atoms with Crippen LogP contribution in [0.1, 0.15) is 58.3 Å². The zero-order valence-corrected chi connectivity index (χ0v) is 12.3. The standard InChI is InChI=1S/C16H29NO2/c1-2-19-16(10-12-18-13-11-16)15(17)14-8-6-4-3-5-7-9-14/h8,15H,2-7,9-13,17H2,1H3. The minimum absolute atomic E-state index is 0.0504. The van der Waals surface area contributed by atoms with Crippen molar-refractivity contribution in [2.24, 2.45) is 5.73 Å². The van der Waals surface area contributed by atoms with E-state index in [0.29, 0.717) is 0 Å². The Bertz CT molecular complexity index is 290. The first-order chi connectivity index (χ1) is 9.28. The van der Waals surface area contributed by atoms with Gasteiger partial charge in [-0.3, -0.25) is 0 Å². The molecule has 19 heavy (non-hydrogen) atoms. The molecule has 1 aliphatic carbocycles. The summed E-state index contributed by atoms with van der Waals surface area (Å²) in [6, 6.07) is 0.0504. The molecule has 0 bridgehead atoms. The van der Waals surface area contributed by atoms with E-state index in [-0.39, 0.29) is 11.6 Å². The van der Waals surface area contributed by atoms with Gasteiger partial charge in [-0.2, -0.15) is 0 Å². The normalized spacial score (nSPS) is 26.1. The molecular weight excluding hydrogens is 238 g/mol. The Morgan fingerprint density at radius 3 is 2.74 bits per heavy atom. The van der Waals surface area contributed by atoms with Crippen molar-refractivity contribution in [3.05, 3.63) is 11.6 Å². The van der Waals surface area contributed by atoms with Crippen LogP contribution in [0.2, 0.25) is 0 Å². The number of nitrogens with two attached hydrogens (primary N) is 1. The highest BCUT2D eigenvalue weighted by molar-refractivity contribution is 5.18.